The quantitative estimate of drug-likeness (QED) is 0.725. The molecule has 8 heteroatoms. The monoisotopic (exact) mass is 328 g/mol. The minimum atomic E-state index is -0.567. The highest BCUT2D eigenvalue weighted by Crippen LogP contribution is 2.17. The summed E-state index contributed by atoms with van der Waals surface area (Å²) in [7, 11) is 0. The number of anilines is 1. The van der Waals surface area contributed by atoms with Gasteiger partial charge >= 0.3 is 0 Å². The van der Waals surface area contributed by atoms with E-state index < -0.39 is 6.04 Å². The minimum absolute atomic E-state index is 0.231. The molecule has 0 radical (unpaired) electrons. The van der Waals surface area contributed by atoms with Gasteiger partial charge in [0, 0.05) is 6.42 Å². The van der Waals surface area contributed by atoms with Crippen molar-refractivity contribution < 1.29 is 4.79 Å². The van der Waals surface area contributed by atoms with Gasteiger partial charge in [0.15, 0.2) is 0 Å². The molecule has 0 unspecified atom stereocenters. The van der Waals surface area contributed by atoms with Gasteiger partial charge in [-0.3, -0.25) is 4.79 Å². The third kappa shape index (κ3) is 3.89. The molecule has 2 aromatic heterocycles. The first-order valence-electron chi connectivity index (χ1n) is 6.91. The van der Waals surface area contributed by atoms with Crippen LogP contribution in [0.3, 0.4) is 0 Å². The normalized spacial score (nSPS) is 11.9. The van der Waals surface area contributed by atoms with Gasteiger partial charge < -0.3 is 5.32 Å². The van der Waals surface area contributed by atoms with Crippen molar-refractivity contribution >= 4 is 23.2 Å². The molecule has 0 aliphatic rings. The first-order valence-corrected chi connectivity index (χ1v) is 7.29. The van der Waals surface area contributed by atoms with Gasteiger partial charge in [-0.15, -0.1) is 5.10 Å². The van der Waals surface area contributed by atoms with Crippen LogP contribution in [0.5, 0.6) is 0 Å². The number of carbonyl (C=O) groups is 1. The van der Waals surface area contributed by atoms with E-state index in [-0.39, 0.29) is 5.91 Å². The zero-order chi connectivity index (χ0) is 16.1. The Balaban J connectivity index is 1.80. The summed E-state index contributed by atoms with van der Waals surface area (Å²) in [6, 6.07) is 12.4. The first-order chi connectivity index (χ1) is 11.2. The number of aromatic nitrogens is 5. The molecule has 1 atom stereocenters. The molecule has 1 amide bonds. The van der Waals surface area contributed by atoms with Gasteiger partial charge in [-0.25, -0.2) is 9.67 Å². The van der Waals surface area contributed by atoms with Gasteiger partial charge in [-0.1, -0.05) is 41.9 Å². The Morgan fingerprint density at radius 2 is 2.04 bits per heavy atom. The van der Waals surface area contributed by atoms with Crippen molar-refractivity contribution in [3.05, 3.63) is 65.7 Å². The van der Waals surface area contributed by atoms with Crippen LogP contribution in [-0.4, -0.2) is 31.1 Å². The van der Waals surface area contributed by atoms with Gasteiger partial charge in [-0.2, -0.15) is 0 Å². The summed E-state index contributed by atoms with van der Waals surface area (Å²) < 4.78 is 1.44. The Hall–Kier alpha value is -2.80. The molecule has 3 aromatic rings. The number of halogens is 1. The van der Waals surface area contributed by atoms with Crippen LogP contribution in [0.2, 0.25) is 5.15 Å². The van der Waals surface area contributed by atoms with E-state index in [2.05, 4.69) is 25.8 Å². The predicted octanol–water partition coefficient (Wildman–Crippen LogP) is 2.14. The van der Waals surface area contributed by atoms with E-state index in [9.17, 15) is 4.79 Å². The van der Waals surface area contributed by atoms with Gasteiger partial charge in [0.2, 0.25) is 5.91 Å². The number of hydrogen-bond acceptors (Lipinski definition) is 5. The van der Waals surface area contributed by atoms with E-state index in [1.54, 1.807) is 12.1 Å². The highest BCUT2D eigenvalue weighted by Gasteiger charge is 2.22. The van der Waals surface area contributed by atoms with E-state index in [1.807, 2.05) is 30.3 Å². The summed E-state index contributed by atoms with van der Waals surface area (Å²) >= 11 is 5.74. The van der Waals surface area contributed by atoms with Gasteiger partial charge in [0.05, 0.1) is 11.9 Å². The Kier molecular flexibility index (Phi) is 4.58. The topological polar surface area (TPSA) is 85.6 Å². The van der Waals surface area contributed by atoms with Gasteiger partial charge in [0.1, 0.15) is 17.5 Å². The molecule has 7 nitrogen and oxygen atoms in total. The number of nitrogens with one attached hydrogen (secondary N) is 1. The van der Waals surface area contributed by atoms with Gasteiger partial charge in [-0.05, 0) is 28.1 Å². The number of pyridine rings is 1. The van der Waals surface area contributed by atoms with Crippen molar-refractivity contribution in [3.8, 4) is 0 Å². The standard InChI is InChI=1S/C15H13ClN6O/c16-14-7-6-12(9-17-14)19-15(23)13(22-10-18-20-21-22)8-11-4-2-1-3-5-11/h1-7,9-10,13H,8H2,(H,19,23)/t13-/m0/s1. The molecule has 0 aliphatic heterocycles. The average molecular weight is 329 g/mol. The second-order valence-corrected chi connectivity index (χ2v) is 5.24. The van der Waals surface area contributed by atoms with Crippen LogP contribution in [0.15, 0.2) is 55.0 Å². The Labute approximate surface area is 137 Å². The molecular weight excluding hydrogens is 316 g/mol. The molecule has 1 aromatic carbocycles. The number of benzene rings is 1. The van der Waals surface area contributed by atoms with E-state index in [1.165, 1.54) is 17.2 Å². The first kappa shape index (κ1) is 15.1. The van der Waals surface area contributed by atoms with Crippen molar-refractivity contribution in [2.45, 2.75) is 12.5 Å². The second kappa shape index (κ2) is 6.97. The number of hydrogen-bond donors (Lipinski definition) is 1. The average Bonchev–Trinajstić information content (AvgIpc) is 3.10. The molecular formula is C15H13ClN6O. The Morgan fingerprint density at radius 1 is 1.22 bits per heavy atom. The van der Waals surface area contributed by atoms with Crippen LogP contribution in [0.4, 0.5) is 5.69 Å². The fraction of sp³-hybridized carbons (Fsp3) is 0.133. The van der Waals surface area contributed by atoms with E-state index in [0.717, 1.165) is 5.56 Å². The van der Waals surface area contributed by atoms with Crippen molar-refractivity contribution in [2.75, 3.05) is 5.32 Å². The van der Waals surface area contributed by atoms with Crippen LogP contribution in [0.1, 0.15) is 11.6 Å². The maximum absolute atomic E-state index is 12.6. The molecule has 0 fully saturated rings. The molecule has 0 aliphatic carbocycles. The van der Waals surface area contributed by atoms with Crippen molar-refractivity contribution in [1.82, 2.24) is 25.2 Å². The number of carbonyl (C=O) groups excluding carboxylic acids is 1. The molecule has 0 saturated carbocycles. The third-order valence-corrected chi connectivity index (χ3v) is 3.48. The molecule has 0 bridgehead atoms. The fourth-order valence-electron chi connectivity index (χ4n) is 2.13. The molecule has 2 heterocycles. The highest BCUT2D eigenvalue weighted by molar-refractivity contribution is 6.29. The summed E-state index contributed by atoms with van der Waals surface area (Å²) in [6.45, 7) is 0. The Bertz CT molecular complexity index is 760. The minimum Gasteiger partial charge on any atom is -0.323 e. The molecule has 0 spiro atoms. The van der Waals surface area contributed by atoms with Crippen molar-refractivity contribution in [1.29, 1.82) is 0 Å². The number of tetrazole rings is 1. The molecule has 23 heavy (non-hydrogen) atoms. The zero-order valence-electron chi connectivity index (χ0n) is 12.0. The SMILES string of the molecule is O=C(Nc1ccc(Cl)nc1)[C@H](Cc1ccccc1)n1cnnn1. The van der Waals surface area contributed by atoms with Crippen LogP contribution in [0, 0.1) is 0 Å². The molecule has 3 rings (SSSR count). The third-order valence-electron chi connectivity index (χ3n) is 3.25. The lowest BCUT2D eigenvalue weighted by Crippen LogP contribution is -2.28. The van der Waals surface area contributed by atoms with Gasteiger partial charge in [0.25, 0.3) is 0 Å². The fourth-order valence-corrected chi connectivity index (χ4v) is 2.24. The van der Waals surface area contributed by atoms with Crippen LogP contribution in [-0.2, 0) is 11.2 Å². The van der Waals surface area contributed by atoms with Crippen LogP contribution >= 0.6 is 11.6 Å². The molecule has 0 saturated heterocycles. The molecule has 116 valence electrons. The second-order valence-electron chi connectivity index (χ2n) is 4.85. The van der Waals surface area contributed by atoms with E-state index in [0.29, 0.717) is 17.3 Å². The molecule has 1 N–H and O–H groups in total. The maximum Gasteiger partial charge on any atom is 0.249 e. The Morgan fingerprint density at radius 3 is 2.70 bits per heavy atom. The zero-order valence-corrected chi connectivity index (χ0v) is 12.8. The highest BCUT2D eigenvalue weighted by atomic mass is 35.5. The van der Waals surface area contributed by atoms with Crippen LogP contribution in [0.25, 0.3) is 0 Å². The number of nitrogens with zero attached hydrogens (tertiary/aromatic N) is 5. The maximum atomic E-state index is 12.6. The number of rotatable bonds is 5. The lowest BCUT2D eigenvalue weighted by molar-refractivity contribution is -0.119. The largest absolute Gasteiger partial charge is 0.323 e. The lowest BCUT2D eigenvalue weighted by atomic mass is 10.1. The van der Waals surface area contributed by atoms with Crippen molar-refractivity contribution in [2.24, 2.45) is 0 Å². The van der Waals surface area contributed by atoms with Crippen molar-refractivity contribution in [3.63, 3.8) is 0 Å². The van der Waals surface area contributed by atoms with E-state index in [4.69, 9.17) is 11.6 Å². The summed E-state index contributed by atoms with van der Waals surface area (Å²) in [5, 5.41) is 14.2. The smallest absolute Gasteiger partial charge is 0.249 e. The van der Waals surface area contributed by atoms with E-state index >= 15 is 0 Å². The lowest BCUT2D eigenvalue weighted by Gasteiger charge is -2.16. The summed E-state index contributed by atoms with van der Waals surface area (Å²) in [4.78, 5) is 16.6. The predicted molar refractivity (Wildman–Crippen MR) is 84.9 cm³/mol. The summed E-state index contributed by atoms with van der Waals surface area (Å²) in [5.41, 5.74) is 1.57. The number of amides is 1. The van der Waals surface area contributed by atoms with Crippen LogP contribution < -0.4 is 5.32 Å². The summed E-state index contributed by atoms with van der Waals surface area (Å²) in [5.74, 6) is -0.231. The summed E-state index contributed by atoms with van der Waals surface area (Å²) in [6.07, 6.45) is 3.39.